The van der Waals surface area contributed by atoms with E-state index >= 15 is 0 Å². The predicted molar refractivity (Wildman–Crippen MR) is 90.8 cm³/mol. The van der Waals surface area contributed by atoms with Crippen LogP contribution in [0.5, 0.6) is 0 Å². The highest BCUT2D eigenvalue weighted by molar-refractivity contribution is 6.43. The summed E-state index contributed by atoms with van der Waals surface area (Å²) in [4.78, 5) is 13.0. The lowest BCUT2D eigenvalue weighted by atomic mass is 9.63. The summed E-state index contributed by atoms with van der Waals surface area (Å²) in [7, 11) is 0. The molecule has 1 fully saturated rings. The summed E-state index contributed by atoms with van der Waals surface area (Å²) in [5.74, 6) is 0.849. The van der Waals surface area contributed by atoms with Crippen LogP contribution in [0.3, 0.4) is 0 Å². The second kappa shape index (κ2) is 6.14. The second-order valence-electron chi connectivity index (χ2n) is 6.58. The van der Waals surface area contributed by atoms with E-state index in [1.807, 2.05) is 18.2 Å². The van der Waals surface area contributed by atoms with Gasteiger partial charge in [0.05, 0.1) is 10.0 Å². The lowest BCUT2D eigenvalue weighted by Gasteiger charge is -2.39. The van der Waals surface area contributed by atoms with E-state index in [1.54, 1.807) is 6.07 Å². The highest BCUT2D eigenvalue weighted by Crippen LogP contribution is 2.44. The molecule has 1 saturated carbocycles. The Balaban J connectivity index is 2.47. The number of carbonyl (C=O) groups excluding carboxylic acids is 1. The Morgan fingerprint density at radius 3 is 2.62 bits per heavy atom. The van der Waals surface area contributed by atoms with Crippen LogP contribution < -0.4 is 0 Å². The average molecular weight is 325 g/mol. The number of benzene rings is 1. The Bertz CT molecular complexity index is 589. The first-order valence-electron chi connectivity index (χ1n) is 7.47. The van der Waals surface area contributed by atoms with E-state index in [-0.39, 0.29) is 17.1 Å². The maximum atomic E-state index is 13.0. The molecule has 0 radical (unpaired) electrons. The van der Waals surface area contributed by atoms with Crippen molar-refractivity contribution in [2.45, 2.75) is 40.5 Å². The van der Waals surface area contributed by atoms with E-state index in [2.05, 4.69) is 27.7 Å². The quantitative estimate of drug-likeness (QED) is 0.606. The predicted octanol–water partition coefficient (Wildman–Crippen LogP) is 6.04. The van der Waals surface area contributed by atoms with Crippen molar-refractivity contribution in [3.63, 3.8) is 0 Å². The molecule has 0 amide bonds. The second-order valence-corrected chi connectivity index (χ2v) is 7.37. The van der Waals surface area contributed by atoms with Crippen LogP contribution in [0.25, 0.3) is 6.08 Å². The highest BCUT2D eigenvalue weighted by Gasteiger charge is 2.42. The summed E-state index contributed by atoms with van der Waals surface area (Å²) in [6.07, 6.45) is 3.91. The van der Waals surface area contributed by atoms with Gasteiger partial charge in [-0.2, -0.15) is 0 Å². The lowest BCUT2D eigenvalue weighted by molar-refractivity contribution is -0.129. The zero-order valence-corrected chi connectivity index (χ0v) is 14.6. The van der Waals surface area contributed by atoms with Gasteiger partial charge in [-0.05, 0) is 48.0 Å². The molecular formula is C18H22Cl2O. The summed E-state index contributed by atoms with van der Waals surface area (Å²) in [6.45, 7) is 8.44. The first-order valence-corrected chi connectivity index (χ1v) is 8.23. The summed E-state index contributed by atoms with van der Waals surface area (Å²) in [6, 6.07) is 5.53. The molecule has 0 bridgehead atoms. The van der Waals surface area contributed by atoms with Crippen molar-refractivity contribution in [3.05, 3.63) is 39.4 Å². The van der Waals surface area contributed by atoms with Crippen LogP contribution in [0.4, 0.5) is 0 Å². The molecule has 114 valence electrons. The maximum absolute atomic E-state index is 13.0. The molecular weight excluding hydrogens is 303 g/mol. The Labute approximate surface area is 137 Å². The number of Topliss-reactive ketones (excluding diaryl/α,β-unsaturated/α-hetero) is 1. The van der Waals surface area contributed by atoms with Crippen LogP contribution in [-0.2, 0) is 4.79 Å². The van der Waals surface area contributed by atoms with Crippen molar-refractivity contribution < 1.29 is 4.79 Å². The molecule has 0 spiro atoms. The first-order chi connectivity index (χ1) is 9.77. The van der Waals surface area contributed by atoms with E-state index in [1.165, 1.54) is 0 Å². The topological polar surface area (TPSA) is 17.1 Å². The van der Waals surface area contributed by atoms with E-state index in [4.69, 9.17) is 23.2 Å². The molecule has 21 heavy (non-hydrogen) atoms. The van der Waals surface area contributed by atoms with Gasteiger partial charge < -0.3 is 0 Å². The minimum atomic E-state index is -0.274. The third kappa shape index (κ3) is 3.05. The van der Waals surface area contributed by atoms with E-state index in [0.717, 1.165) is 24.0 Å². The Hall–Kier alpha value is -0.790. The molecule has 1 aliphatic rings. The molecule has 2 atom stereocenters. The van der Waals surface area contributed by atoms with Crippen molar-refractivity contribution in [1.82, 2.24) is 0 Å². The fraction of sp³-hybridized carbons (Fsp3) is 0.500. The molecule has 0 saturated heterocycles. The van der Waals surface area contributed by atoms with Crippen molar-refractivity contribution >= 4 is 35.1 Å². The largest absolute Gasteiger partial charge is 0.294 e. The van der Waals surface area contributed by atoms with Crippen LogP contribution in [0.15, 0.2) is 23.8 Å². The molecule has 2 rings (SSSR count). The van der Waals surface area contributed by atoms with Gasteiger partial charge in [0.15, 0.2) is 5.78 Å². The third-order valence-corrected chi connectivity index (χ3v) is 5.81. The van der Waals surface area contributed by atoms with E-state index in [0.29, 0.717) is 16.0 Å². The molecule has 1 nitrogen and oxygen atoms in total. The van der Waals surface area contributed by atoms with Crippen molar-refractivity contribution in [1.29, 1.82) is 0 Å². The van der Waals surface area contributed by atoms with Crippen molar-refractivity contribution in [2.75, 3.05) is 0 Å². The van der Waals surface area contributed by atoms with Gasteiger partial charge in [-0.3, -0.25) is 4.79 Å². The van der Waals surface area contributed by atoms with Gasteiger partial charge >= 0.3 is 0 Å². The smallest absolute Gasteiger partial charge is 0.165 e. The molecule has 0 N–H and O–H groups in total. The number of hydrogen-bond acceptors (Lipinski definition) is 1. The minimum Gasteiger partial charge on any atom is -0.294 e. The summed E-state index contributed by atoms with van der Waals surface area (Å²) in [5.41, 5.74) is 1.43. The number of carbonyl (C=O) groups is 1. The normalized spacial score (nSPS) is 28.4. The lowest BCUT2D eigenvalue weighted by Crippen LogP contribution is -2.40. The third-order valence-electron chi connectivity index (χ3n) is 4.98. The van der Waals surface area contributed by atoms with Crippen LogP contribution in [0.2, 0.25) is 10.0 Å². The van der Waals surface area contributed by atoms with Crippen LogP contribution >= 0.6 is 23.2 Å². The zero-order chi connectivity index (χ0) is 15.8. The van der Waals surface area contributed by atoms with Gasteiger partial charge in [0.25, 0.3) is 0 Å². The molecule has 0 heterocycles. The first kappa shape index (κ1) is 16.6. The SMILES string of the molecule is CC(C)[C@]1(C)CC[C@@H](C)/C(=C\c2cccc(Cl)c2Cl)C1=O. The van der Waals surface area contributed by atoms with Gasteiger partial charge in [-0.15, -0.1) is 0 Å². The fourth-order valence-electron chi connectivity index (χ4n) is 2.90. The molecule has 1 aromatic carbocycles. The summed E-state index contributed by atoms with van der Waals surface area (Å²) >= 11 is 12.3. The van der Waals surface area contributed by atoms with Crippen LogP contribution in [-0.4, -0.2) is 5.78 Å². The summed E-state index contributed by atoms with van der Waals surface area (Å²) < 4.78 is 0. The Morgan fingerprint density at radius 2 is 2.00 bits per heavy atom. The molecule has 0 aliphatic heterocycles. The van der Waals surface area contributed by atoms with E-state index in [9.17, 15) is 4.79 Å². The summed E-state index contributed by atoms with van der Waals surface area (Å²) in [5, 5.41) is 1.04. The van der Waals surface area contributed by atoms with Gasteiger partial charge in [-0.25, -0.2) is 0 Å². The van der Waals surface area contributed by atoms with E-state index < -0.39 is 0 Å². The molecule has 3 heteroatoms. The van der Waals surface area contributed by atoms with Crippen LogP contribution in [0.1, 0.15) is 46.1 Å². The van der Waals surface area contributed by atoms with Gasteiger partial charge in [0.2, 0.25) is 0 Å². The van der Waals surface area contributed by atoms with Gasteiger partial charge in [0, 0.05) is 5.41 Å². The number of allylic oxidation sites excluding steroid dienone is 1. The molecule has 1 aliphatic carbocycles. The number of rotatable bonds is 2. The van der Waals surface area contributed by atoms with Crippen LogP contribution in [0, 0.1) is 17.3 Å². The number of ketones is 1. The monoisotopic (exact) mass is 324 g/mol. The molecule has 0 unspecified atom stereocenters. The standard InChI is InChI=1S/C18H22Cl2O/c1-11(2)18(4)9-8-12(3)14(17(18)21)10-13-6-5-7-15(19)16(13)20/h5-7,10-12H,8-9H2,1-4H3/b14-10+/t12-,18+/m1/s1. The number of halogens is 2. The molecule has 0 aromatic heterocycles. The molecule has 1 aromatic rings. The fourth-order valence-corrected chi connectivity index (χ4v) is 3.26. The maximum Gasteiger partial charge on any atom is 0.165 e. The van der Waals surface area contributed by atoms with Crippen molar-refractivity contribution in [3.8, 4) is 0 Å². The number of hydrogen-bond donors (Lipinski definition) is 0. The average Bonchev–Trinajstić information content (AvgIpc) is 2.43. The van der Waals surface area contributed by atoms with Crippen molar-refractivity contribution in [2.24, 2.45) is 17.3 Å². The minimum absolute atomic E-state index is 0.257. The van der Waals surface area contributed by atoms with Gasteiger partial charge in [0.1, 0.15) is 0 Å². The Morgan fingerprint density at radius 1 is 1.33 bits per heavy atom. The Kier molecular flexibility index (Phi) is 4.85. The zero-order valence-electron chi connectivity index (χ0n) is 13.0. The highest BCUT2D eigenvalue weighted by atomic mass is 35.5. The van der Waals surface area contributed by atoms with Gasteiger partial charge in [-0.1, -0.05) is 63.0 Å².